The second-order valence-corrected chi connectivity index (χ2v) is 7.79. The van der Waals surface area contributed by atoms with Crippen molar-refractivity contribution in [2.75, 3.05) is 0 Å². The molecule has 1 heterocycles. The first kappa shape index (κ1) is 16.2. The maximum atomic E-state index is 5.05. The number of rotatable bonds is 2. The van der Waals surface area contributed by atoms with Gasteiger partial charge in [0.1, 0.15) is 0 Å². The Balaban J connectivity index is 1.81. The molecule has 1 aliphatic heterocycles. The van der Waals surface area contributed by atoms with Gasteiger partial charge < -0.3 is 0 Å². The van der Waals surface area contributed by atoms with Crippen LogP contribution in [0.25, 0.3) is 0 Å². The van der Waals surface area contributed by atoms with Crippen LogP contribution in [0.1, 0.15) is 33.9 Å². The monoisotopic (exact) mass is 343 g/mol. The maximum absolute atomic E-state index is 5.05. The van der Waals surface area contributed by atoms with Gasteiger partial charge >= 0.3 is 0 Å². The molecule has 25 heavy (non-hydrogen) atoms. The van der Waals surface area contributed by atoms with E-state index in [1.807, 2.05) is 11.8 Å². The third-order valence-electron chi connectivity index (χ3n) is 4.78. The molecule has 0 saturated heterocycles. The van der Waals surface area contributed by atoms with Crippen LogP contribution in [0.2, 0.25) is 0 Å². The summed E-state index contributed by atoms with van der Waals surface area (Å²) in [6.07, 6.45) is 0.936. The molecule has 0 amide bonds. The van der Waals surface area contributed by atoms with E-state index < -0.39 is 0 Å². The van der Waals surface area contributed by atoms with Crippen molar-refractivity contribution in [3.05, 3.63) is 95.1 Å². The van der Waals surface area contributed by atoms with Crippen molar-refractivity contribution in [2.24, 2.45) is 4.99 Å². The summed E-state index contributed by atoms with van der Waals surface area (Å²) in [6, 6.07) is 25.9. The van der Waals surface area contributed by atoms with Crippen molar-refractivity contribution < 1.29 is 0 Å². The van der Waals surface area contributed by atoms with Gasteiger partial charge in [0.2, 0.25) is 0 Å². The molecule has 3 aromatic carbocycles. The number of thioether (sulfide) groups is 1. The molecule has 2 heteroatoms. The molecular formula is C23H21NS. The van der Waals surface area contributed by atoms with E-state index in [-0.39, 0.29) is 0 Å². The largest absolute Gasteiger partial charge is 0.252 e. The van der Waals surface area contributed by atoms with Gasteiger partial charge in [0.05, 0.1) is 5.69 Å². The van der Waals surface area contributed by atoms with Crippen molar-refractivity contribution in [3.63, 3.8) is 0 Å². The van der Waals surface area contributed by atoms with Gasteiger partial charge in [-0.2, -0.15) is 0 Å². The molecule has 0 aliphatic carbocycles. The molecule has 0 spiro atoms. The first-order chi connectivity index (χ1) is 12.2. The number of hydrogen-bond donors (Lipinski definition) is 0. The summed E-state index contributed by atoms with van der Waals surface area (Å²) in [7, 11) is 0. The summed E-state index contributed by atoms with van der Waals surface area (Å²) in [5.41, 5.74) is 7.50. The number of hydrogen-bond acceptors (Lipinski definition) is 2. The number of aryl methyl sites for hydroxylation is 2. The zero-order valence-corrected chi connectivity index (χ0v) is 15.4. The predicted molar refractivity (Wildman–Crippen MR) is 108 cm³/mol. The predicted octanol–water partition coefficient (Wildman–Crippen LogP) is 6.66. The highest BCUT2D eigenvalue weighted by molar-refractivity contribution is 7.99. The Hall–Kier alpha value is -2.32. The Morgan fingerprint density at radius 1 is 0.840 bits per heavy atom. The molecule has 1 nitrogen and oxygen atoms in total. The van der Waals surface area contributed by atoms with Crippen LogP contribution in [-0.2, 0) is 0 Å². The number of benzene rings is 3. The van der Waals surface area contributed by atoms with E-state index in [2.05, 4.69) is 86.6 Å². The highest BCUT2D eigenvalue weighted by atomic mass is 32.2. The second-order valence-electron chi connectivity index (χ2n) is 6.55. The Labute approximate surface area is 153 Å². The van der Waals surface area contributed by atoms with Crippen LogP contribution in [-0.4, -0.2) is 5.71 Å². The molecular weight excluding hydrogens is 322 g/mol. The Bertz CT molecular complexity index is 928. The van der Waals surface area contributed by atoms with Crippen LogP contribution in [0.5, 0.6) is 0 Å². The zero-order chi connectivity index (χ0) is 17.2. The topological polar surface area (TPSA) is 12.4 Å². The summed E-state index contributed by atoms with van der Waals surface area (Å²) in [5.74, 6) is 0. The third kappa shape index (κ3) is 3.40. The molecule has 1 atom stereocenters. The lowest BCUT2D eigenvalue weighted by molar-refractivity contribution is 1.01. The van der Waals surface area contributed by atoms with Crippen LogP contribution in [0, 0.1) is 13.8 Å². The smallest absolute Gasteiger partial charge is 0.0769 e. The van der Waals surface area contributed by atoms with E-state index in [0.29, 0.717) is 5.25 Å². The third-order valence-corrected chi connectivity index (χ3v) is 6.10. The zero-order valence-electron chi connectivity index (χ0n) is 14.6. The van der Waals surface area contributed by atoms with Crippen LogP contribution in [0.4, 0.5) is 5.69 Å². The summed E-state index contributed by atoms with van der Waals surface area (Å²) in [4.78, 5) is 6.31. The standard InChI is InChI=1S/C23H21NS/c1-16-12-13-19(14-17(16)2)21-15-23(18-8-4-3-5-9-18)25-22-11-7-6-10-20(22)24-21/h3-14,23H,15H2,1-2H3/t23-/m1/s1. The lowest BCUT2D eigenvalue weighted by Crippen LogP contribution is -2.06. The minimum Gasteiger partial charge on any atom is -0.252 e. The normalized spacial score (nSPS) is 16.7. The second kappa shape index (κ2) is 6.89. The molecule has 0 radical (unpaired) electrons. The van der Waals surface area contributed by atoms with E-state index >= 15 is 0 Å². The molecule has 0 unspecified atom stereocenters. The molecule has 1 aliphatic rings. The average Bonchev–Trinajstić information content (AvgIpc) is 2.84. The average molecular weight is 343 g/mol. The number of aliphatic imine (C=N–C) groups is 1. The number of nitrogens with zero attached hydrogens (tertiary/aromatic N) is 1. The highest BCUT2D eigenvalue weighted by Gasteiger charge is 2.22. The van der Waals surface area contributed by atoms with Crippen LogP contribution in [0.15, 0.2) is 82.7 Å². The van der Waals surface area contributed by atoms with E-state index in [1.54, 1.807) is 0 Å². The number of para-hydroxylation sites is 1. The fourth-order valence-corrected chi connectivity index (χ4v) is 4.40. The van der Waals surface area contributed by atoms with E-state index in [4.69, 9.17) is 4.99 Å². The summed E-state index contributed by atoms with van der Waals surface area (Å²) in [5, 5.41) is 0.380. The Morgan fingerprint density at radius 3 is 2.40 bits per heavy atom. The van der Waals surface area contributed by atoms with Crippen molar-refractivity contribution in [1.82, 2.24) is 0 Å². The van der Waals surface area contributed by atoms with Crippen molar-refractivity contribution >= 4 is 23.2 Å². The van der Waals surface area contributed by atoms with Crippen molar-refractivity contribution in [1.29, 1.82) is 0 Å². The molecule has 0 bridgehead atoms. The number of fused-ring (bicyclic) bond motifs is 1. The molecule has 124 valence electrons. The minimum absolute atomic E-state index is 0.380. The Kier molecular flexibility index (Phi) is 4.46. The first-order valence-electron chi connectivity index (χ1n) is 8.66. The van der Waals surface area contributed by atoms with E-state index in [9.17, 15) is 0 Å². The van der Waals surface area contributed by atoms with Gasteiger partial charge in [-0.1, -0.05) is 54.6 Å². The van der Waals surface area contributed by atoms with Gasteiger partial charge in [-0.3, -0.25) is 4.99 Å². The fourth-order valence-electron chi connectivity index (χ4n) is 3.17. The maximum Gasteiger partial charge on any atom is 0.0769 e. The Morgan fingerprint density at radius 2 is 1.60 bits per heavy atom. The minimum atomic E-state index is 0.380. The van der Waals surface area contributed by atoms with Gasteiger partial charge in [-0.05, 0) is 54.3 Å². The molecule has 3 aromatic rings. The lowest BCUT2D eigenvalue weighted by atomic mass is 9.98. The van der Waals surface area contributed by atoms with Gasteiger partial charge in [-0.25, -0.2) is 0 Å². The van der Waals surface area contributed by atoms with Gasteiger partial charge in [-0.15, -0.1) is 11.8 Å². The molecule has 0 aromatic heterocycles. The van der Waals surface area contributed by atoms with Gasteiger partial charge in [0, 0.05) is 22.3 Å². The molecule has 0 fully saturated rings. The summed E-state index contributed by atoms with van der Waals surface area (Å²) >= 11 is 1.92. The van der Waals surface area contributed by atoms with Gasteiger partial charge in [0.25, 0.3) is 0 Å². The fraction of sp³-hybridized carbons (Fsp3) is 0.174. The van der Waals surface area contributed by atoms with Crippen LogP contribution < -0.4 is 0 Å². The van der Waals surface area contributed by atoms with E-state index in [1.165, 1.54) is 32.9 Å². The van der Waals surface area contributed by atoms with Crippen molar-refractivity contribution in [3.8, 4) is 0 Å². The summed E-state index contributed by atoms with van der Waals surface area (Å²) < 4.78 is 0. The SMILES string of the molecule is Cc1ccc(C2=Nc3ccccc3S[C@@H](c3ccccc3)C2)cc1C. The van der Waals surface area contributed by atoms with Gasteiger partial charge in [0.15, 0.2) is 0 Å². The molecule has 0 saturated carbocycles. The van der Waals surface area contributed by atoms with Crippen LogP contribution in [0.3, 0.4) is 0 Å². The molecule has 0 N–H and O–H groups in total. The highest BCUT2D eigenvalue weighted by Crippen LogP contribution is 2.45. The lowest BCUT2D eigenvalue weighted by Gasteiger charge is -2.16. The van der Waals surface area contributed by atoms with Crippen molar-refractivity contribution in [2.45, 2.75) is 30.4 Å². The first-order valence-corrected chi connectivity index (χ1v) is 9.54. The summed E-state index contributed by atoms with van der Waals surface area (Å²) in [6.45, 7) is 4.33. The quantitative estimate of drug-likeness (QED) is 0.506. The molecule has 4 rings (SSSR count). The van der Waals surface area contributed by atoms with E-state index in [0.717, 1.165) is 12.1 Å². The van der Waals surface area contributed by atoms with Crippen LogP contribution >= 0.6 is 11.8 Å².